The number of rotatable bonds is 4. The molecule has 0 aliphatic carbocycles. The Bertz CT molecular complexity index is 490. The average molecular weight is 248 g/mol. The van der Waals surface area contributed by atoms with Crippen molar-refractivity contribution in [2.45, 2.75) is 36.2 Å². The van der Waals surface area contributed by atoms with E-state index in [9.17, 15) is 5.11 Å². The summed E-state index contributed by atoms with van der Waals surface area (Å²) in [4.78, 5) is 2.19. The van der Waals surface area contributed by atoms with Crippen molar-refractivity contribution in [2.24, 2.45) is 0 Å². The normalized spacial score (nSPS) is 12.6. The summed E-state index contributed by atoms with van der Waals surface area (Å²) in [7, 11) is 0. The van der Waals surface area contributed by atoms with Crippen molar-refractivity contribution < 1.29 is 9.52 Å². The van der Waals surface area contributed by atoms with E-state index < -0.39 is 6.10 Å². The second kappa shape index (κ2) is 5.43. The molecule has 90 valence electrons. The van der Waals surface area contributed by atoms with Crippen molar-refractivity contribution in [1.82, 2.24) is 0 Å². The first kappa shape index (κ1) is 12.3. The van der Waals surface area contributed by atoms with Crippen LogP contribution in [-0.2, 0) is 0 Å². The Balaban J connectivity index is 2.30. The number of hydrogen-bond acceptors (Lipinski definition) is 3. The molecule has 2 rings (SSSR count). The van der Waals surface area contributed by atoms with Gasteiger partial charge in [0.2, 0.25) is 0 Å². The van der Waals surface area contributed by atoms with Crippen LogP contribution < -0.4 is 0 Å². The maximum absolute atomic E-state index is 9.97. The molecule has 1 heterocycles. The molecular weight excluding hydrogens is 232 g/mol. The summed E-state index contributed by atoms with van der Waals surface area (Å²) in [6.45, 7) is 3.93. The third-order valence-electron chi connectivity index (χ3n) is 2.70. The van der Waals surface area contributed by atoms with Gasteiger partial charge in [-0.1, -0.05) is 36.9 Å². The van der Waals surface area contributed by atoms with Gasteiger partial charge in [0.25, 0.3) is 0 Å². The van der Waals surface area contributed by atoms with E-state index in [1.165, 1.54) is 0 Å². The van der Waals surface area contributed by atoms with E-state index in [0.717, 1.165) is 27.5 Å². The lowest BCUT2D eigenvalue weighted by Crippen LogP contribution is -1.96. The third-order valence-corrected chi connectivity index (χ3v) is 3.93. The number of benzene rings is 1. The number of furan rings is 1. The molecule has 1 aromatic carbocycles. The SMILES string of the molecule is CC[C@@H](O)c1ccccc1Sc1ccoc1C. The molecule has 0 amide bonds. The molecule has 0 unspecified atom stereocenters. The van der Waals surface area contributed by atoms with Gasteiger partial charge < -0.3 is 9.52 Å². The van der Waals surface area contributed by atoms with E-state index in [-0.39, 0.29) is 0 Å². The largest absolute Gasteiger partial charge is 0.468 e. The molecule has 2 aromatic rings. The van der Waals surface area contributed by atoms with Crippen molar-refractivity contribution in [1.29, 1.82) is 0 Å². The van der Waals surface area contributed by atoms with Crippen LogP contribution in [0, 0.1) is 6.92 Å². The Hall–Kier alpha value is -1.19. The van der Waals surface area contributed by atoms with Gasteiger partial charge in [0.15, 0.2) is 0 Å². The van der Waals surface area contributed by atoms with Gasteiger partial charge >= 0.3 is 0 Å². The van der Waals surface area contributed by atoms with Crippen LogP contribution in [0.1, 0.15) is 30.8 Å². The highest BCUT2D eigenvalue weighted by molar-refractivity contribution is 7.99. The first-order valence-corrected chi connectivity index (χ1v) is 6.53. The molecule has 1 N–H and O–H groups in total. The van der Waals surface area contributed by atoms with Gasteiger partial charge in [-0.3, -0.25) is 0 Å². The van der Waals surface area contributed by atoms with E-state index in [0.29, 0.717) is 0 Å². The summed E-state index contributed by atoms with van der Waals surface area (Å²) >= 11 is 1.64. The van der Waals surface area contributed by atoms with Crippen LogP contribution in [0.25, 0.3) is 0 Å². The molecule has 0 saturated carbocycles. The molecule has 0 radical (unpaired) electrons. The quantitative estimate of drug-likeness (QED) is 0.881. The predicted octanol–water partition coefficient (Wildman–Crippen LogP) is 4.18. The minimum Gasteiger partial charge on any atom is -0.468 e. The lowest BCUT2D eigenvalue weighted by molar-refractivity contribution is 0.171. The Morgan fingerprint density at radius 1 is 1.24 bits per heavy atom. The second-order valence-corrected chi connectivity index (χ2v) is 4.99. The van der Waals surface area contributed by atoms with Crippen LogP contribution in [0.2, 0.25) is 0 Å². The second-order valence-electron chi connectivity index (χ2n) is 3.90. The summed E-state index contributed by atoms with van der Waals surface area (Å²) in [5, 5.41) is 9.97. The van der Waals surface area contributed by atoms with Crippen LogP contribution in [0.3, 0.4) is 0 Å². The standard InChI is InChI=1S/C14H16O2S/c1-3-12(15)11-6-4-5-7-14(11)17-13-8-9-16-10(13)2/h4-9,12,15H,3H2,1-2H3/t12-/m1/s1. The van der Waals surface area contributed by atoms with Crippen LogP contribution >= 0.6 is 11.8 Å². The van der Waals surface area contributed by atoms with Crippen LogP contribution in [0.5, 0.6) is 0 Å². The summed E-state index contributed by atoms with van der Waals surface area (Å²) in [5.41, 5.74) is 0.987. The monoisotopic (exact) mass is 248 g/mol. The average Bonchev–Trinajstić information content (AvgIpc) is 2.75. The van der Waals surface area contributed by atoms with Crippen molar-refractivity contribution in [3.8, 4) is 0 Å². The summed E-state index contributed by atoms with van der Waals surface area (Å²) < 4.78 is 5.28. The van der Waals surface area contributed by atoms with E-state index >= 15 is 0 Å². The van der Waals surface area contributed by atoms with Crippen molar-refractivity contribution in [3.05, 3.63) is 47.9 Å². The number of aryl methyl sites for hydroxylation is 1. The highest BCUT2D eigenvalue weighted by atomic mass is 32.2. The van der Waals surface area contributed by atoms with Crippen LogP contribution in [0.4, 0.5) is 0 Å². The maximum Gasteiger partial charge on any atom is 0.114 e. The highest BCUT2D eigenvalue weighted by Gasteiger charge is 2.12. The Kier molecular flexibility index (Phi) is 3.92. The maximum atomic E-state index is 9.97. The van der Waals surface area contributed by atoms with E-state index in [1.54, 1.807) is 18.0 Å². The zero-order valence-electron chi connectivity index (χ0n) is 10.0. The minimum absolute atomic E-state index is 0.397. The Morgan fingerprint density at radius 3 is 2.65 bits per heavy atom. The van der Waals surface area contributed by atoms with E-state index in [1.807, 2.05) is 44.2 Å². The fourth-order valence-corrected chi connectivity index (χ4v) is 2.69. The van der Waals surface area contributed by atoms with Gasteiger partial charge in [-0.05, 0) is 31.0 Å². The van der Waals surface area contributed by atoms with Gasteiger partial charge in [0, 0.05) is 4.90 Å². The van der Waals surface area contributed by atoms with Crippen molar-refractivity contribution >= 4 is 11.8 Å². The molecule has 0 saturated heterocycles. The fraction of sp³-hybridized carbons (Fsp3) is 0.286. The molecule has 1 aromatic heterocycles. The molecule has 1 atom stereocenters. The zero-order chi connectivity index (χ0) is 12.3. The minimum atomic E-state index is -0.397. The highest BCUT2D eigenvalue weighted by Crippen LogP contribution is 2.35. The van der Waals surface area contributed by atoms with E-state index in [2.05, 4.69) is 0 Å². The molecule has 0 aliphatic heterocycles. The first-order chi connectivity index (χ1) is 8.22. The smallest absolute Gasteiger partial charge is 0.114 e. The predicted molar refractivity (Wildman–Crippen MR) is 69.3 cm³/mol. The summed E-state index contributed by atoms with van der Waals surface area (Å²) in [5.74, 6) is 0.913. The molecule has 0 bridgehead atoms. The van der Waals surface area contributed by atoms with Gasteiger partial charge in [0.1, 0.15) is 5.76 Å². The van der Waals surface area contributed by atoms with Crippen LogP contribution in [0.15, 0.2) is 50.8 Å². The number of aliphatic hydroxyl groups is 1. The van der Waals surface area contributed by atoms with Crippen molar-refractivity contribution in [3.63, 3.8) is 0 Å². The molecule has 0 fully saturated rings. The Labute approximate surface area is 106 Å². The molecule has 2 nitrogen and oxygen atoms in total. The molecule has 0 spiro atoms. The third kappa shape index (κ3) is 2.73. The first-order valence-electron chi connectivity index (χ1n) is 5.71. The molecule has 3 heteroatoms. The lowest BCUT2D eigenvalue weighted by atomic mass is 10.1. The van der Waals surface area contributed by atoms with Crippen molar-refractivity contribution in [2.75, 3.05) is 0 Å². The van der Waals surface area contributed by atoms with Gasteiger partial charge in [-0.25, -0.2) is 0 Å². The number of hydrogen-bond donors (Lipinski definition) is 1. The molecular formula is C14H16O2S. The zero-order valence-corrected chi connectivity index (χ0v) is 10.8. The lowest BCUT2D eigenvalue weighted by Gasteiger charge is -2.13. The molecule has 0 aliphatic rings. The van der Waals surface area contributed by atoms with E-state index in [4.69, 9.17) is 4.42 Å². The number of aliphatic hydroxyl groups excluding tert-OH is 1. The summed E-state index contributed by atoms with van der Waals surface area (Å²) in [6.07, 6.45) is 2.02. The fourth-order valence-electron chi connectivity index (χ4n) is 1.67. The van der Waals surface area contributed by atoms with Gasteiger partial charge in [0.05, 0.1) is 17.3 Å². The Morgan fingerprint density at radius 2 is 2.00 bits per heavy atom. The van der Waals surface area contributed by atoms with Gasteiger partial charge in [-0.15, -0.1) is 0 Å². The topological polar surface area (TPSA) is 33.4 Å². The van der Waals surface area contributed by atoms with Crippen LogP contribution in [-0.4, -0.2) is 5.11 Å². The van der Waals surface area contributed by atoms with Gasteiger partial charge in [-0.2, -0.15) is 0 Å². The summed E-state index contributed by atoms with van der Waals surface area (Å²) in [6, 6.07) is 9.91. The molecule has 17 heavy (non-hydrogen) atoms.